The van der Waals surface area contributed by atoms with Gasteiger partial charge in [0.1, 0.15) is 0 Å². The molecule has 3 N–H and O–H groups in total. The lowest BCUT2D eigenvalue weighted by atomic mass is 9.94. The van der Waals surface area contributed by atoms with Crippen LogP contribution in [0.4, 0.5) is 0 Å². The van der Waals surface area contributed by atoms with Crippen molar-refractivity contribution in [2.24, 2.45) is 5.73 Å². The molecule has 0 aliphatic heterocycles. The highest BCUT2D eigenvalue weighted by molar-refractivity contribution is 5.84. The van der Waals surface area contributed by atoms with Crippen LogP contribution in [-0.2, 0) is 4.79 Å². The molecule has 1 atom stereocenters. The number of amides is 1. The summed E-state index contributed by atoms with van der Waals surface area (Å²) in [6.07, 6.45) is 8.61. The van der Waals surface area contributed by atoms with E-state index in [1.54, 1.807) is 0 Å². The fraction of sp³-hybridized carbons (Fsp3) is 0.588. The van der Waals surface area contributed by atoms with Gasteiger partial charge in [-0.05, 0) is 18.4 Å². The van der Waals surface area contributed by atoms with Crippen LogP contribution in [0, 0.1) is 0 Å². The molecule has 1 aromatic carbocycles. The summed E-state index contributed by atoms with van der Waals surface area (Å²) in [6, 6.07) is 10.2. The van der Waals surface area contributed by atoms with E-state index in [-0.39, 0.29) is 11.8 Å². The summed E-state index contributed by atoms with van der Waals surface area (Å²) < 4.78 is 0. The van der Waals surface area contributed by atoms with Gasteiger partial charge in [0.2, 0.25) is 5.91 Å². The third-order valence-electron chi connectivity index (χ3n) is 4.21. The zero-order chi connectivity index (χ0) is 14.2. The zero-order valence-electron chi connectivity index (χ0n) is 12.2. The van der Waals surface area contributed by atoms with E-state index in [1.165, 1.54) is 32.1 Å². The largest absolute Gasteiger partial charge is 0.353 e. The number of nitrogens with one attached hydrogen (secondary N) is 1. The number of nitrogens with two attached hydrogens (primary N) is 1. The Morgan fingerprint density at radius 1 is 1.10 bits per heavy atom. The summed E-state index contributed by atoms with van der Waals surface area (Å²) in [5.41, 5.74) is 6.82. The van der Waals surface area contributed by atoms with Crippen molar-refractivity contribution in [3.63, 3.8) is 0 Å². The standard InChI is InChI=1S/C17H26N2O/c18-13-16(14-9-5-4-6-10-14)17(20)19-15-11-7-2-1-3-8-12-15/h4-6,9-10,15-16H,1-3,7-8,11-13,18H2,(H,19,20). The second-order valence-corrected chi connectivity index (χ2v) is 5.75. The first-order chi connectivity index (χ1) is 9.81. The molecule has 1 amide bonds. The van der Waals surface area contributed by atoms with Crippen molar-refractivity contribution in [1.82, 2.24) is 5.32 Å². The van der Waals surface area contributed by atoms with Crippen LogP contribution in [0.2, 0.25) is 0 Å². The van der Waals surface area contributed by atoms with E-state index >= 15 is 0 Å². The number of rotatable bonds is 4. The van der Waals surface area contributed by atoms with Gasteiger partial charge >= 0.3 is 0 Å². The third kappa shape index (κ3) is 4.34. The Kier molecular flexibility index (Phi) is 6.06. The lowest BCUT2D eigenvalue weighted by Crippen LogP contribution is -2.40. The maximum Gasteiger partial charge on any atom is 0.229 e. The van der Waals surface area contributed by atoms with E-state index in [0.29, 0.717) is 12.6 Å². The summed E-state index contributed by atoms with van der Waals surface area (Å²) in [6.45, 7) is 0.364. The van der Waals surface area contributed by atoms with E-state index < -0.39 is 0 Å². The highest BCUT2D eigenvalue weighted by Gasteiger charge is 2.22. The topological polar surface area (TPSA) is 55.1 Å². The Hall–Kier alpha value is -1.35. The number of hydrogen-bond donors (Lipinski definition) is 2. The molecular weight excluding hydrogens is 248 g/mol. The van der Waals surface area contributed by atoms with Crippen molar-refractivity contribution in [3.05, 3.63) is 35.9 Å². The quantitative estimate of drug-likeness (QED) is 0.887. The summed E-state index contributed by atoms with van der Waals surface area (Å²) in [4.78, 5) is 12.5. The van der Waals surface area contributed by atoms with Gasteiger partial charge in [0.15, 0.2) is 0 Å². The van der Waals surface area contributed by atoms with E-state index in [1.807, 2.05) is 30.3 Å². The highest BCUT2D eigenvalue weighted by atomic mass is 16.1. The Morgan fingerprint density at radius 3 is 2.30 bits per heavy atom. The second-order valence-electron chi connectivity index (χ2n) is 5.75. The number of hydrogen-bond acceptors (Lipinski definition) is 2. The first kappa shape index (κ1) is 15.0. The van der Waals surface area contributed by atoms with Crippen molar-refractivity contribution in [2.45, 2.75) is 56.9 Å². The summed E-state index contributed by atoms with van der Waals surface area (Å²) in [5.74, 6) is -0.133. The summed E-state index contributed by atoms with van der Waals surface area (Å²) in [5, 5.41) is 3.22. The molecule has 0 radical (unpaired) electrons. The van der Waals surface area contributed by atoms with E-state index in [2.05, 4.69) is 5.32 Å². The monoisotopic (exact) mass is 274 g/mol. The minimum Gasteiger partial charge on any atom is -0.353 e. The molecule has 1 fully saturated rings. The number of carbonyl (C=O) groups excluding carboxylic acids is 1. The van der Waals surface area contributed by atoms with Crippen molar-refractivity contribution < 1.29 is 4.79 Å². The molecule has 0 saturated heterocycles. The lowest BCUT2D eigenvalue weighted by Gasteiger charge is -2.24. The summed E-state index contributed by atoms with van der Waals surface area (Å²) >= 11 is 0. The van der Waals surface area contributed by atoms with Crippen LogP contribution in [0.3, 0.4) is 0 Å². The molecule has 2 rings (SSSR count). The summed E-state index contributed by atoms with van der Waals surface area (Å²) in [7, 11) is 0. The predicted molar refractivity (Wildman–Crippen MR) is 82.5 cm³/mol. The molecule has 110 valence electrons. The van der Waals surface area contributed by atoms with Crippen LogP contribution in [0.25, 0.3) is 0 Å². The average Bonchev–Trinajstić information content (AvgIpc) is 2.44. The molecule has 3 heteroatoms. The lowest BCUT2D eigenvalue weighted by molar-refractivity contribution is -0.123. The fourth-order valence-corrected chi connectivity index (χ4v) is 2.98. The highest BCUT2D eigenvalue weighted by Crippen LogP contribution is 2.19. The van der Waals surface area contributed by atoms with Crippen LogP contribution < -0.4 is 11.1 Å². The van der Waals surface area contributed by atoms with Gasteiger partial charge in [-0.15, -0.1) is 0 Å². The minimum absolute atomic E-state index is 0.0873. The minimum atomic E-state index is -0.221. The first-order valence-electron chi connectivity index (χ1n) is 7.86. The van der Waals surface area contributed by atoms with E-state index in [9.17, 15) is 4.79 Å². The maximum atomic E-state index is 12.5. The van der Waals surface area contributed by atoms with Gasteiger partial charge in [-0.3, -0.25) is 4.79 Å². The Labute approximate surface area is 121 Å². The molecule has 1 unspecified atom stereocenters. The average molecular weight is 274 g/mol. The normalized spacial score (nSPS) is 18.9. The zero-order valence-corrected chi connectivity index (χ0v) is 12.2. The SMILES string of the molecule is NCC(C(=O)NC1CCCCCCC1)c1ccccc1. The molecule has 0 bridgehead atoms. The number of benzene rings is 1. The Morgan fingerprint density at radius 2 is 1.70 bits per heavy atom. The van der Waals surface area contributed by atoms with Gasteiger partial charge in [-0.2, -0.15) is 0 Å². The Balaban J connectivity index is 1.94. The molecule has 1 aromatic rings. The van der Waals surface area contributed by atoms with Crippen LogP contribution in [0.15, 0.2) is 30.3 Å². The number of carbonyl (C=O) groups is 1. The Bertz CT molecular complexity index is 397. The molecule has 1 saturated carbocycles. The molecular formula is C17H26N2O. The van der Waals surface area contributed by atoms with Crippen molar-refractivity contribution in [2.75, 3.05) is 6.54 Å². The second kappa shape index (κ2) is 8.05. The van der Waals surface area contributed by atoms with Gasteiger partial charge in [0, 0.05) is 12.6 Å². The molecule has 0 aromatic heterocycles. The third-order valence-corrected chi connectivity index (χ3v) is 4.21. The molecule has 1 aliphatic carbocycles. The van der Waals surface area contributed by atoms with Gasteiger partial charge in [0.25, 0.3) is 0 Å². The van der Waals surface area contributed by atoms with Crippen LogP contribution in [-0.4, -0.2) is 18.5 Å². The van der Waals surface area contributed by atoms with Gasteiger partial charge in [-0.1, -0.05) is 62.4 Å². The van der Waals surface area contributed by atoms with Gasteiger partial charge in [0.05, 0.1) is 5.92 Å². The van der Waals surface area contributed by atoms with Crippen LogP contribution in [0.5, 0.6) is 0 Å². The van der Waals surface area contributed by atoms with E-state index in [4.69, 9.17) is 5.73 Å². The molecule has 0 heterocycles. The van der Waals surface area contributed by atoms with Crippen LogP contribution in [0.1, 0.15) is 56.4 Å². The fourth-order valence-electron chi connectivity index (χ4n) is 2.98. The molecule has 20 heavy (non-hydrogen) atoms. The van der Waals surface area contributed by atoms with Crippen molar-refractivity contribution >= 4 is 5.91 Å². The van der Waals surface area contributed by atoms with Crippen molar-refractivity contribution in [1.29, 1.82) is 0 Å². The van der Waals surface area contributed by atoms with E-state index in [0.717, 1.165) is 18.4 Å². The van der Waals surface area contributed by atoms with Crippen LogP contribution >= 0.6 is 0 Å². The predicted octanol–water partition coefficient (Wildman–Crippen LogP) is 2.96. The van der Waals surface area contributed by atoms with Crippen molar-refractivity contribution in [3.8, 4) is 0 Å². The molecule has 0 spiro atoms. The first-order valence-corrected chi connectivity index (χ1v) is 7.86. The molecule has 1 aliphatic rings. The van der Waals surface area contributed by atoms with Gasteiger partial charge < -0.3 is 11.1 Å². The maximum absolute atomic E-state index is 12.5. The smallest absolute Gasteiger partial charge is 0.229 e. The molecule has 3 nitrogen and oxygen atoms in total. The van der Waals surface area contributed by atoms with Gasteiger partial charge in [-0.25, -0.2) is 0 Å².